The van der Waals surface area contributed by atoms with Gasteiger partial charge in [0.1, 0.15) is 24.6 Å². The highest BCUT2D eigenvalue weighted by atomic mass is 16.8. The van der Waals surface area contributed by atoms with Crippen molar-refractivity contribution in [2.45, 2.75) is 64.8 Å². The molecule has 0 spiro atoms. The van der Waals surface area contributed by atoms with E-state index in [0.717, 1.165) is 65.8 Å². The Morgan fingerprint density at radius 3 is 1.02 bits per heavy atom. The Hall–Kier alpha value is -9.58. The molecule has 8 aromatic rings. The third-order valence-corrected chi connectivity index (χ3v) is 14.1. The molecule has 16 heteroatoms. The van der Waals surface area contributed by atoms with Crippen molar-refractivity contribution in [1.29, 1.82) is 0 Å². The number of hydrogen-bond acceptors (Lipinski definition) is 14. The van der Waals surface area contributed by atoms with Crippen molar-refractivity contribution in [2.24, 2.45) is 11.5 Å². The van der Waals surface area contributed by atoms with Crippen LogP contribution in [0.5, 0.6) is 11.5 Å². The molecule has 8 aromatic carbocycles. The summed E-state index contributed by atoms with van der Waals surface area (Å²) in [6, 6.07) is 58.6. The maximum atomic E-state index is 15.0. The number of aryl methyl sites for hydroxylation is 4. The lowest BCUT2D eigenvalue weighted by Gasteiger charge is -2.36. The molecule has 0 aromatic heterocycles. The Morgan fingerprint density at radius 1 is 0.405 bits per heavy atom. The number of hydrogen-bond donors (Lipinski definition) is 2. The smallest absolute Gasteiger partial charge is 0.425 e. The number of esters is 2. The number of benzene rings is 8. The van der Waals surface area contributed by atoms with E-state index in [-0.39, 0.29) is 49.1 Å². The van der Waals surface area contributed by atoms with E-state index in [2.05, 4.69) is 0 Å². The molecule has 84 heavy (non-hydrogen) atoms. The van der Waals surface area contributed by atoms with Crippen LogP contribution in [0.3, 0.4) is 0 Å². The van der Waals surface area contributed by atoms with Gasteiger partial charge in [-0.3, -0.25) is 19.2 Å². The molecule has 0 heterocycles. The first-order chi connectivity index (χ1) is 40.6. The van der Waals surface area contributed by atoms with Gasteiger partial charge in [-0.15, -0.1) is 10.1 Å². The maximum Gasteiger partial charge on any atom is 0.438 e. The first-order valence-corrected chi connectivity index (χ1v) is 27.3. The number of carbonyl (C=O) groups is 6. The quantitative estimate of drug-likeness (QED) is 0.0223. The van der Waals surface area contributed by atoms with E-state index in [0.29, 0.717) is 0 Å². The Labute approximate surface area is 488 Å². The first kappa shape index (κ1) is 60.5. The predicted molar refractivity (Wildman–Crippen MR) is 315 cm³/mol. The molecule has 0 saturated carbocycles. The van der Waals surface area contributed by atoms with Crippen LogP contribution in [0.25, 0.3) is 0 Å². The topological polar surface area (TPSA) is 216 Å². The third kappa shape index (κ3) is 16.3. The van der Waals surface area contributed by atoms with Crippen LogP contribution < -0.4 is 20.9 Å². The van der Waals surface area contributed by atoms with Crippen LogP contribution in [0.2, 0.25) is 0 Å². The van der Waals surface area contributed by atoms with Crippen molar-refractivity contribution < 1.29 is 57.4 Å². The fraction of sp³-hybridized carbons (Fsp3) is 0.206. The van der Waals surface area contributed by atoms with Crippen molar-refractivity contribution >= 4 is 35.7 Å². The second-order valence-electron chi connectivity index (χ2n) is 20.2. The average Bonchev–Trinajstić information content (AvgIpc) is 3.66. The van der Waals surface area contributed by atoms with E-state index in [1.54, 1.807) is 24.3 Å². The molecule has 2 amide bonds. The lowest BCUT2D eigenvalue weighted by molar-refractivity contribution is -0.235. The molecule has 2 unspecified atom stereocenters. The number of nitrogens with zero attached hydrogens (tertiary/aromatic N) is 2. The zero-order valence-electron chi connectivity index (χ0n) is 47.1. The lowest BCUT2D eigenvalue weighted by Crippen LogP contribution is -2.51. The SMILES string of the molecule is Cc1ccc(COCC(C(c2ccccc2)c2ccccc2)N(CC(=O)Oc2ccccc2C(N)=O)OC(=O)C(=O)ON(CC(=O)Oc2ccccc2C(N)=O)C(COCc2ccc(C)cc2C)C(c2ccccc2)c2ccccc2)c(C)c1. The first-order valence-electron chi connectivity index (χ1n) is 27.3. The number of carbonyl (C=O) groups excluding carboxylic acids is 6. The zero-order valence-corrected chi connectivity index (χ0v) is 47.1. The molecule has 430 valence electrons. The summed E-state index contributed by atoms with van der Waals surface area (Å²) in [5.41, 5.74) is 19.9. The van der Waals surface area contributed by atoms with Gasteiger partial charge in [-0.2, -0.15) is 0 Å². The van der Waals surface area contributed by atoms with Crippen molar-refractivity contribution in [3.63, 3.8) is 0 Å². The molecule has 8 rings (SSSR count). The monoisotopic (exact) mass is 1130 g/mol. The van der Waals surface area contributed by atoms with Crippen LogP contribution in [-0.2, 0) is 51.5 Å². The molecule has 0 aliphatic heterocycles. The Balaban J connectivity index is 1.22. The van der Waals surface area contributed by atoms with Crippen molar-refractivity contribution in [2.75, 3.05) is 26.3 Å². The number of primary amides is 2. The standard InChI is InChI=1S/C68H66N4O12/c1-45-33-35-53(47(3)37-45)41-79-43-57(63(49-21-9-5-10-22-49)50-23-11-6-12-24-50)71(39-61(73)81-59-31-19-17-29-55(59)65(69)75)83-67(77)68(78)84-72(40-62(74)82-60-32-20-18-30-56(60)66(70)76)58(44-80-42-54-36-34-46(2)38-48(54)4)64(51-25-13-7-14-26-51)52-27-15-8-16-28-52/h5-38,57-58,63-64H,39-44H2,1-4H3,(H2,69,75)(H2,70,76). The normalized spacial score (nSPS) is 12.0. The molecule has 0 aliphatic carbocycles. The minimum atomic E-state index is -1.62. The van der Waals surface area contributed by atoms with Gasteiger partial charge in [0, 0.05) is 11.8 Å². The van der Waals surface area contributed by atoms with Crippen molar-refractivity contribution in [3.8, 4) is 11.5 Å². The Bertz CT molecular complexity index is 3240. The molecular formula is C68H66N4O12. The molecule has 0 bridgehead atoms. The van der Waals surface area contributed by atoms with Crippen LogP contribution in [0.15, 0.2) is 206 Å². The van der Waals surface area contributed by atoms with E-state index in [4.69, 9.17) is 40.1 Å². The minimum absolute atomic E-state index is 0.0913. The fourth-order valence-corrected chi connectivity index (χ4v) is 10.0. The predicted octanol–water partition coefficient (Wildman–Crippen LogP) is 9.98. The molecule has 0 saturated heterocycles. The summed E-state index contributed by atoms with van der Waals surface area (Å²) < 4.78 is 24.7. The van der Waals surface area contributed by atoms with Crippen molar-refractivity contribution in [3.05, 3.63) is 273 Å². The summed E-state index contributed by atoms with van der Waals surface area (Å²) in [7, 11) is 0. The summed E-state index contributed by atoms with van der Waals surface area (Å²) in [5.74, 6) is -8.79. The van der Waals surface area contributed by atoms with E-state index in [9.17, 15) is 19.2 Å². The highest BCUT2D eigenvalue weighted by Gasteiger charge is 2.40. The van der Waals surface area contributed by atoms with Gasteiger partial charge >= 0.3 is 23.9 Å². The van der Waals surface area contributed by atoms with Gasteiger partial charge in [0.25, 0.3) is 11.8 Å². The molecule has 4 N–H and O–H groups in total. The Morgan fingerprint density at radius 2 is 0.714 bits per heavy atom. The van der Waals surface area contributed by atoms with Crippen molar-refractivity contribution in [1.82, 2.24) is 10.1 Å². The van der Waals surface area contributed by atoms with Crippen LogP contribution in [0, 0.1) is 27.7 Å². The summed E-state index contributed by atoms with van der Waals surface area (Å²) in [6.07, 6.45) is 0. The second-order valence-corrected chi connectivity index (χ2v) is 20.2. The summed E-state index contributed by atoms with van der Waals surface area (Å²) in [5, 5.41) is 2.01. The highest BCUT2D eigenvalue weighted by Crippen LogP contribution is 2.35. The molecule has 16 nitrogen and oxygen atoms in total. The number of hydroxylamine groups is 4. The summed E-state index contributed by atoms with van der Waals surface area (Å²) >= 11 is 0. The zero-order chi connectivity index (χ0) is 59.5. The summed E-state index contributed by atoms with van der Waals surface area (Å²) in [6.45, 7) is 6.00. The number of rotatable bonds is 26. The molecule has 2 atom stereocenters. The van der Waals surface area contributed by atoms with Crippen LogP contribution in [-0.4, -0.2) is 84.2 Å². The third-order valence-electron chi connectivity index (χ3n) is 14.1. The summed E-state index contributed by atoms with van der Waals surface area (Å²) in [4.78, 5) is 96.3. The van der Waals surface area contributed by atoms with Gasteiger partial charge in [0.2, 0.25) is 0 Å². The second kappa shape index (κ2) is 29.4. The van der Waals surface area contributed by atoms with E-state index in [1.165, 1.54) is 24.3 Å². The largest absolute Gasteiger partial charge is 0.438 e. The minimum Gasteiger partial charge on any atom is -0.425 e. The fourth-order valence-electron chi connectivity index (χ4n) is 10.0. The number of nitrogens with two attached hydrogens (primary N) is 2. The Kier molecular flexibility index (Phi) is 21.2. The molecular weight excluding hydrogens is 1060 g/mol. The van der Waals surface area contributed by atoms with Gasteiger partial charge in [-0.05, 0) is 96.5 Å². The van der Waals surface area contributed by atoms with Gasteiger partial charge in [-0.25, -0.2) is 9.59 Å². The van der Waals surface area contributed by atoms with Gasteiger partial charge < -0.3 is 40.1 Å². The molecule has 0 aliphatic rings. The van der Waals surface area contributed by atoms with Gasteiger partial charge in [-0.1, -0.05) is 193 Å². The lowest BCUT2D eigenvalue weighted by atomic mass is 9.85. The maximum absolute atomic E-state index is 15.0. The van der Waals surface area contributed by atoms with Crippen LogP contribution in [0.4, 0.5) is 0 Å². The molecule has 0 radical (unpaired) electrons. The van der Waals surface area contributed by atoms with E-state index >= 15 is 9.59 Å². The van der Waals surface area contributed by atoms with E-state index < -0.39 is 72.7 Å². The van der Waals surface area contributed by atoms with E-state index in [1.807, 2.05) is 185 Å². The number of ether oxygens (including phenoxy) is 4. The molecule has 0 fully saturated rings. The van der Waals surface area contributed by atoms with Crippen LogP contribution >= 0.6 is 0 Å². The highest BCUT2D eigenvalue weighted by molar-refractivity contribution is 6.29. The van der Waals surface area contributed by atoms with Gasteiger partial charge in [0.15, 0.2) is 0 Å². The number of para-hydroxylation sites is 2. The average molecular weight is 1130 g/mol. The number of amides is 2. The van der Waals surface area contributed by atoms with Crippen LogP contribution in [0.1, 0.15) is 88.2 Å². The van der Waals surface area contributed by atoms with Gasteiger partial charge in [0.05, 0.1) is 49.6 Å².